The molecule has 0 aromatic heterocycles. The Bertz CT molecular complexity index is 1900. The van der Waals surface area contributed by atoms with Crippen LogP contribution in [-0.2, 0) is 58.2 Å². The van der Waals surface area contributed by atoms with E-state index in [1.54, 1.807) is 40.0 Å². The van der Waals surface area contributed by atoms with Crippen molar-refractivity contribution in [2.45, 2.75) is 225 Å². The van der Waals surface area contributed by atoms with Gasteiger partial charge in [-0.25, -0.2) is 0 Å². The average Bonchev–Trinajstić information content (AvgIpc) is 3.27. The number of hydrogen-bond acceptors (Lipinski definition) is 15. The third-order valence-electron chi connectivity index (χ3n) is 14.6. The minimum absolute atomic E-state index is 0.0475. The number of aliphatic hydroxyl groups is 2. The zero-order valence-electron chi connectivity index (χ0n) is 46.7. The summed E-state index contributed by atoms with van der Waals surface area (Å²) in [5, 5.41) is 29.9. The molecule has 71 heavy (non-hydrogen) atoms. The second-order valence-corrected chi connectivity index (χ2v) is 32.7. The molecule has 1 aromatic carbocycles. The highest BCUT2D eigenvalue weighted by Gasteiger charge is 2.55. The maximum atomic E-state index is 14.9. The van der Waals surface area contributed by atoms with Crippen molar-refractivity contribution in [3.05, 3.63) is 47.5 Å². The van der Waals surface area contributed by atoms with Crippen molar-refractivity contribution in [1.29, 1.82) is 0 Å². The van der Waals surface area contributed by atoms with Gasteiger partial charge in [-0.05, 0) is 120 Å². The Kier molecular flexibility index (Phi) is 22.0. The zero-order chi connectivity index (χ0) is 53.6. The Morgan fingerprint density at radius 1 is 0.901 bits per heavy atom. The lowest BCUT2D eigenvalue weighted by Gasteiger charge is -2.52. The molecule has 1 aromatic rings. The predicted octanol–water partition coefficient (Wildman–Crippen LogP) is 9.37. The molecule has 3 aliphatic heterocycles. The molecule has 0 unspecified atom stereocenters. The number of benzene rings is 1. The van der Waals surface area contributed by atoms with Gasteiger partial charge < -0.3 is 62.0 Å². The highest BCUT2D eigenvalue weighted by Crippen LogP contribution is 2.43. The molecule has 3 heterocycles. The maximum absolute atomic E-state index is 14.9. The van der Waals surface area contributed by atoms with Gasteiger partial charge in [0.05, 0.1) is 66.1 Å². The van der Waals surface area contributed by atoms with Crippen molar-refractivity contribution in [2.24, 2.45) is 28.8 Å². The van der Waals surface area contributed by atoms with E-state index in [-0.39, 0.29) is 50.7 Å². The van der Waals surface area contributed by atoms with Crippen LogP contribution in [0.5, 0.6) is 0 Å². The molecule has 3 fully saturated rings. The van der Waals surface area contributed by atoms with Crippen LogP contribution in [-0.4, -0.2) is 155 Å². The summed E-state index contributed by atoms with van der Waals surface area (Å²) in [5.74, 6) is -3.59. The molecule has 0 radical (unpaired) electrons. The smallest absolute Gasteiger partial charge is 0.311 e. The number of cyclic esters (lactones) is 1. The van der Waals surface area contributed by atoms with Crippen LogP contribution in [0.4, 0.5) is 0 Å². The second-order valence-electron chi connectivity index (χ2n) is 23.4. The summed E-state index contributed by atoms with van der Waals surface area (Å²) in [4.78, 5) is 23.2. The van der Waals surface area contributed by atoms with Crippen LogP contribution >= 0.6 is 11.6 Å². The number of rotatable bonds is 17. The Morgan fingerprint density at radius 2 is 1.54 bits per heavy atom. The molecular weight excluding hydrogens is 964 g/mol. The van der Waals surface area contributed by atoms with E-state index in [2.05, 4.69) is 50.8 Å². The summed E-state index contributed by atoms with van der Waals surface area (Å²) < 4.78 is 61.6. The Balaban J connectivity index is 2.01. The van der Waals surface area contributed by atoms with Crippen LogP contribution in [0.2, 0.25) is 44.3 Å². The largest absolute Gasteiger partial charge is 0.459 e. The number of carbonyl (C=O) groups is 1. The summed E-state index contributed by atoms with van der Waals surface area (Å²) >= 11 is 6.55. The van der Waals surface area contributed by atoms with Crippen LogP contribution in [0, 0.1) is 23.7 Å². The number of oxime groups is 1. The number of aliphatic hydroxyl groups excluding tert-OH is 1. The Labute approximate surface area is 434 Å². The average molecular weight is 1060 g/mol. The summed E-state index contributed by atoms with van der Waals surface area (Å²) in [5.41, 5.74) is -2.82. The Morgan fingerprint density at radius 3 is 2.10 bits per heavy atom. The zero-order valence-corrected chi connectivity index (χ0v) is 49.4. The fourth-order valence-corrected chi connectivity index (χ4v) is 13.3. The molecule has 18 atom stereocenters. The van der Waals surface area contributed by atoms with Crippen LogP contribution in [0.25, 0.3) is 0 Å². The standard InChI is InChI=1S/C53H93ClN2O13Si2/c1-21-27-61-52(10)29-32(3)43(55-62-31-38-25-23-24-26-39(38)54)34(5)46(57)53(11,59)41(22-2)65-49(58)36(7)44(66-42-30-51(9,60-14)48(37(8)64-42)69-71(18,19)20)35(6)47(52)67-50-45(68-70(15,16)17)40(56(12)13)28-33(4)63-50/h21,23-26,32-37,40-42,44-48,50,57,59H,1,22,27-31H2,2-20H3/b55-43+/t32-,33+,34-,35-,36+,37-,40-,41+,42-,44-,45+,46+,47+,48-,50-,51+,52+,53+/m0/s1. The van der Waals surface area contributed by atoms with Crippen LogP contribution in [0.1, 0.15) is 100 Å². The molecule has 0 amide bonds. The highest BCUT2D eigenvalue weighted by molar-refractivity contribution is 6.70. The van der Waals surface area contributed by atoms with E-state index in [1.807, 2.05) is 73.8 Å². The first-order chi connectivity index (χ1) is 32.8. The molecule has 0 aliphatic carbocycles. The molecule has 408 valence electrons. The van der Waals surface area contributed by atoms with E-state index in [9.17, 15) is 15.0 Å². The monoisotopic (exact) mass is 1060 g/mol. The molecule has 0 spiro atoms. The number of halogens is 1. The van der Waals surface area contributed by atoms with Crippen molar-refractivity contribution >= 4 is 39.9 Å². The number of methoxy groups -OCH3 is 1. The van der Waals surface area contributed by atoms with Crippen LogP contribution in [0.15, 0.2) is 42.1 Å². The number of ether oxygens (including phenoxy) is 7. The van der Waals surface area contributed by atoms with Crippen LogP contribution < -0.4 is 0 Å². The molecule has 3 saturated heterocycles. The van der Waals surface area contributed by atoms with Gasteiger partial charge in [0.1, 0.15) is 24.4 Å². The topological polar surface area (TPSA) is 165 Å². The van der Waals surface area contributed by atoms with Gasteiger partial charge in [-0.3, -0.25) is 4.79 Å². The minimum atomic E-state index is -2.23. The molecule has 0 bridgehead atoms. The maximum Gasteiger partial charge on any atom is 0.311 e. The van der Waals surface area contributed by atoms with Gasteiger partial charge in [0.2, 0.25) is 0 Å². The van der Waals surface area contributed by atoms with Crippen molar-refractivity contribution in [3.8, 4) is 0 Å². The summed E-state index contributed by atoms with van der Waals surface area (Å²) in [6, 6.07) is 7.28. The quantitative estimate of drug-likeness (QED) is 0.0656. The van der Waals surface area contributed by atoms with Crippen LogP contribution in [0.3, 0.4) is 0 Å². The van der Waals surface area contributed by atoms with Crippen molar-refractivity contribution in [1.82, 2.24) is 4.90 Å². The van der Waals surface area contributed by atoms with Gasteiger partial charge in [0.25, 0.3) is 0 Å². The van der Waals surface area contributed by atoms with E-state index in [4.69, 9.17) is 63.6 Å². The summed E-state index contributed by atoms with van der Waals surface area (Å²) in [6.45, 7) is 35.9. The fraction of sp³-hybridized carbons (Fsp3) is 0.811. The molecule has 2 N–H and O–H groups in total. The van der Waals surface area contributed by atoms with Gasteiger partial charge in [0.15, 0.2) is 29.2 Å². The summed E-state index contributed by atoms with van der Waals surface area (Å²) in [7, 11) is 1.46. The third-order valence-corrected chi connectivity index (χ3v) is 16.9. The first kappa shape index (κ1) is 61.7. The lowest BCUT2D eigenvalue weighted by Crippen LogP contribution is -2.63. The molecule has 15 nitrogen and oxygen atoms in total. The first-order valence-corrected chi connectivity index (χ1v) is 33.0. The van der Waals surface area contributed by atoms with E-state index >= 15 is 0 Å². The Hall–Kier alpha value is -1.82. The minimum Gasteiger partial charge on any atom is -0.459 e. The lowest BCUT2D eigenvalue weighted by atomic mass is 9.73. The van der Waals surface area contributed by atoms with Crippen molar-refractivity contribution in [3.63, 3.8) is 0 Å². The third kappa shape index (κ3) is 15.9. The molecule has 4 rings (SSSR count). The van der Waals surface area contributed by atoms with E-state index in [0.29, 0.717) is 17.2 Å². The van der Waals surface area contributed by atoms with Gasteiger partial charge in [-0.15, -0.1) is 6.58 Å². The number of likely N-dealkylation sites (N-methyl/N-ethyl adjacent to an activating group) is 1. The molecule has 18 heteroatoms. The second kappa shape index (κ2) is 25.3. The van der Waals surface area contributed by atoms with Crippen molar-refractivity contribution < 1.29 is 61.9 Å². The number of carbonyl (C=O) groups excluding carboxylic acids is 1. The predicted molar refractivity (Wildman–Crippen MR) is 283 cm³/mol. The molecule has 3 aliphatic rings. The van der Waals surface area contributed by atoms with E-state index in [1.165, 1.54) is 6.92 Å². The number of nitrogens with zero attached hydrogens (tertiary/aromatic N) is 2. The summed E-state index contributed by atoms with van der Waals surface area (Å²) in [6.07, 6.45) is -4.64. The SMILES string of the molecule is C=CCO[C@]1(C)C[C@H](C)/C(=N\OCc2ccccc2Cl)[C@H](C)[C@@H](O)[C@](C)(O)[C@@H](CC)OC(=O)[C@H](C)[C@@H](O[C@H]2C[C@@](C)(OC)[C@@H](O[Si](C)(C)C)[C@H](C)O2)[C@H](C)[C@H]1O[C@@H]1O[C@H](C)C[C@H](N(C)C)[C@H]1O[Si](C)(C)C. The highest BCUT2D eigenvalue weighted by atomic mass is 35.5. The van der Waals surface area contributed by atoms with Gasteiger partial charge >= 0.3 is 5.97 Å². The normalized spacial score (nSPS) is 40.0. The van der Waals surface area contributed by atoms with E-state index < -0.39 is 112 Å². The number of esters is 1. The van der Waals surface area contributed by atoms with Gasteiger partial charge in [0, 0.05) is 47.9 Å². The fourth-order valence-electron chi connectivity index (χ4n) is 10.9. The van der Waals surface area contributed by atoms with Gasteiger partial charge in [-0.1, -0.05) is 68.7 Å². The molecular formula is C53H93ClN2O13Si2. The molecule has 0 saturated carbocycles. The first-order valence-electron chi connectivity index (χ1n) is 25.8. The van der Waals surface area contributed by atoms with E-state index in [0.717, 1.165) is 5.56 Å². The lowest BCUT2D eigenvalue weighted by molar-refractivity contribution is -0.317. The number of hydrogen-bond donors (Lipinski definition) is 2. The van der Waals surface area contributed by atoms with Gasteiger partial charge in [-0.2, -0.15) is 0 Å². The van der Waals surface area contributed by atoms with Crippen molar-refractivity contribution in [2.75, 3.05) is 27.8 Å².